The Morgan fingerprint density at radius 3 is 2.53 bits per heavy atom. The number of aromatic nitrogens is 2. The Hall–Kier alpha value is -3.10. The van der Waals surface area contributed by atoms with Crippen LogP contribution >= 0.6 is 11.3 Å². The summed E-state index contributed by atoms with van der Waals surface area (Å²) >= 11 is 1.39. The smallest absolute Gasteiger partial charge is 0.265 e. The summed E-state index contributed by atoms with van der Waals surface area (Å²) in [5, 5.41) is 3.77. The molecule has 8 heteroatoms. The number of carbonyl (C=O) groups excluding carboxylic acids is 2. The number of amides is 2. The summed E-state index contributed by atoms with van der Waals surface area (Å²) < 4.78 is 0. The van der Waals surface area contributed by atoms with Crippen LogP contribution in [0.2, 0.25) is 0 Å². The minimum atomic E-state index is -0.0308. The first-order valence-electron chi connectivity index (χ1n) is 10.7. The molecule has 2 amide bonds. The van der Waals surface area contributed by atoms with Gasteiger partial charge in [-0.25, -0.2) is 4.98 Å². The van der Waals surface area contributed by atoms with E-state index in [9.17, 15) is 9.59 Å². The van der Waals surface area contributed by atoms with Crippen molar-refractivity contribution >= 4 is 28.8 Å². The Kier molecular flexibility index (Phi) is 6.62. The molecule has 166 valence electrons. The number of nitrogens with zero attached hydrogens (tertiary/aromatic N) is 4. The van der Waals surface area contributed by atoms with Gasteiger partial charge in [-0.3, -0.25) is 19.5 Å². The number of nitrogens with one attached hydrogen (secondary N) is 1. The summed E-state index contributed by atoms with van der Waals surface area (Å²) in [5.74, 6) is -0.0292. The van der Waals surface area contributed by atoms with E-state index in [0.717, 1.165) is 33.2 Å². The first-order chi connectivity index (χ1) is 15.4. The number of aryl methyl sites for hydroxylation is 2. The molecule has 0 spiro atoms. The van der Waals surface area contributed by atoms with Gasteiger partial charge in [0.25, 0.3) is 5.91 Å². The number of piperazine rings is 1. The zero-order chi connectivity index (χ0) is 22.7. The number of benzene rings is 1. The second kappa shape index (κ2) is 9.58. The van der Waals surface area contributed by atoms with Crippen molar-refractivity contribution in [3.8, 4) is 10.7 Å². The van der Waals surface area contributed by atoms with Crippen LogP contribution in [0.5, 0.6) is 0 Å². The molecule has 0 saturated carbocycles. The standard InChI is InChI=1S/C24H27N5O2S/c1-16-7-6-9-19(17(16)2)27-21(30)15-28-11-13-29(14-12-28)24(31)22-18(3)26-23(32-22)20-8-4-5-10-25-20/h4-10H,11-15H2,1-3H3,(H,27,30). The Morgan fingerprint density at radius 2 is 1.81 bits per heavy atom. The van der Waals surface area contributed by atoms with Crippen molar-refractivity contribution in [2.24, 2.45) is 0 Å². The number of hydrogen-bond donors (Lipinski definition) is 1. The Balaban J connectivity index is 1.33. The quantitative estimate of drug-likeness (QED) is 0.645. The minimum Gasteiger partial charge on any atom is -0.335 e. The molecule has 1 aromatic carbocycles. The average molecular weight is 450 g/mol. The zero-order valence-corrected chi connectivity index (χ0v) is 19.4. The van der Waals surface area contributed by atoms with E-state index in [4.69, 9.17) is 0 Å². The molecule has 0 unspecified atom stereocenters. The van der Waals surface area contributed by atoms with Crippen LogP contribution in [-0.4, -0.2) is 64.3 Å². The molecule has 0 radical (unpaired) electrons. The molecule has 1 aliphatic rings. The summed E-state index contributed by atoms with van der Waals surface area (Å²) in [6, 6.07) is 11.6. The highest BCUT2D eigenvalue weighted by Gasteiger charge is 2.26. The molecule has 1 saturated heterocycles. The predicted octanol–water partition coefficient (Wildman–Crippen LogP) is 3.53. The molecule has 4 rings (SSSR count). The van der Waals surface area contributed by atoms with Gasteiger partial charge in [0.1, 0.15) is 9.88 Å². The molecule has 1 fully saturated rings. The van der Waals surface area contributed by atoms with Crippen LogP contribution in [0, 0.1) is 20.8 Å². The van der Waals surface area contributed by atoms with E-state index >= 15 is 0 Å². The van der Waals surface area contributed by atoms with Crippen LogP contribution in [0.25, 0.3) is 10.7 Å². The summed E-state index contributed by atoms with van der Waals surface area (Å²) in [6.45, 7) is 8.73. The number of thiazole rings is 1. The van der Waals surface area contributed by atoms with E-state index in [0.29, 0.717) is 37.6 Å². The molecule has 32 heavy (non-hydrogen) atoms. The lowest BCUT2D eigenvalue weighted by Crippen LogP contribution is -2.50. The Morgan fingerprint density at radius 1 is 1.03 bits per heavy atom. The maximum atomic E-state index is 13.1. The summed E-state index contributed by atoms with van der Waals surface area (Å²) in [4.78, 5) is 39.1. The topological polar surface area (TPSA) is 78.4 Å². The second-order valence-electron chi connectivity index (χ2n) is 8.01. The van der Waals surface area contributed by atoms with Gasteiger partial charge in [0.05, 0.1) is 17.9 Å². The van der Waals surface area contributed by atoms with E-state index in [1.165, 1.54) is 11.3 Å². The molecular weight excluding hydrogens is 422 g/mol. The third-order valence-corrected chi connectivity index (χ3v) is 6.95. The van der Waals surface area contributed by atoms with Gasteiger partial charge in [-0.1, -0.05) is 18.2 Å². The molecule has 3 heterocycles. The number of hydrogen-bond acceptors (Lipinski definition) is 6. The third kappa shape index (κ3) is 4.87. The summed E-state index contributed by atoms with van der Waals surface area (Å²) in [5.41, 5.74) is 4.60. The van der Waals surface area contributed by atoms with Crippen molar-refractivity contribution in [3.05, 3.63) is 64.3 Å². The fourth-order valence-electron chi connectivity index (χ4n) is 3.73. The number of pyridine rings is 1. The average Bonchev–Trinajstić information content (AvgIpc) is 3.19. The maximum absolute atomic E-state index is 13.1. The van der Waals surface area contributed by atoms with E-state index in [1.54, 1.807) is 6.20 Å². The largest absolute Gasteiger partial charge is 0.335 e. The van der Waals surface area contributed by atoms with Gasteiger partial charge in [0.15, 0.2) is 0 Å². The van der Waals surface area contributed by atoms with Crippen molar-refractivity contribution in [1.82, 2.24) is 19.8 Å². The van der Waals surface area contributed by atoms with Gasteiger partial charge >= 0.3 is 0 Å². The highest BCUT2D eigenvalue weighted by molar-refractivity contribution is 7.17. The van der Waals surface area contributed by atoms with Crippen LogP contribution < -0.4 is 5.32 Å². The molecule has 7 nitrogen and oxygen atoms in total. The first-order valence-corrected chi connectivity index (χ1v) is 11.5. The van der Waals surface area contributed by atoms with Crippen LogP contribution in [0.3, 0.4) is 0 Å². The van der Waals surface area contributed by atoms with E-state index in [1.807, 2.05) is 62.1 Å². The van der Waals surface area contributed by atoms with Crippen LogP contribution in [-0.2, 0) is 4.79 Å². The highest BCUT2D eigenvalue weighted by atomic mass is 32.1. The normalized spacial score (nSPS) is 14.4. The Labute approximate surface area is 192 Å². The number of anilines is 1. The predicted molar refractivity (Wildman–Crippen MR) is 127 cm³/mol. The summed E-state index contributed by atoms with van der Waals surface area (Å²) in [6.07, 6.45) is 1.73. The van der Waals surface area contributed by atoms with Crippen molar-refractivity contribution in [3.63, 3.8) is 0 Å². The lowest BCUT2D eigenvalue weighted by atomic mass is 10.1. The molecule has 1 aliphatic heterocycles. The van der Waals surface area contributed by atoms with Gasteiger partial charge in [0.2, 0.25) is 5.91 Å². The second-order valence-corrected chi connectivity index (χ2v) is 9.01. The van der Waals surface area contributed by atoms with Crippen LogP contribution in [0.15, 0.2) is 42.6 Å². The number of carbonyl (C=O) groups is 2. The van der Waals surface area contributed by atoms with Crippen molar-refractivity contribution in [2.45, 2.75) is 20.8 Å². The SMILES string of the molecule is Cc1cccc(NC(=O)CN2CCN(C(=O)c3sc(-c4ccccn4)nc3C)CC2)c1C. The number of rotatable bonds is 5. The molecule has 1 N–H and O–H groups in total. The van der Waals surface area contributed by atoms with E-state index < -0.39 is 0 Å². The van der Waals surface area contributed by atoms with Gasteiger partial charge in [0, 0.05) is 38.1 Å². The van der Waals surface area contributed by atoms with E-state index in [-0.39, 0.29) is 11.8 Å². The fourth-order valence-corrected chi connectivity index (χ4v) is 4.74. The van der Waals surface area contributed by atoms with Gasteiger partial charge < -0.3 is 10.2 Å². The molecule has 3 aromatic rings. The van der Waals surface area contributed by atoms with Gasteiger partial charge in [-0.15, -0.1) is 11.3 Å². The minimum absolute atomic E-state index is 0.00154. The van der Waals surface area contributed by atoms with Crippen molar-refractivity contribution in [1.29, 1.82) is 0 Å². The highest BCUT2D eigenvalue weighted by Crippen LogP contribution is 2.27. The molecule has 0 aliphatic carbocycles. The lowest BCUT2D eigenvalue weighted by Gasteiger charge is -2.34. The molecule has 2 aromatic heterocycles. The Bertz CT molecular complexity index is 1120. The fraction of sp³-hybridized carbons (Fsp3) is 0.333. The monoisotopic (exact) mass is 449 g/mol. The van der Waals surface area contributed by atoms with E-state index in [2.05, 4.69) is 20.2 Å². The lowest BCUT2D eigenvalue weighted by molar-refractivity contribution is -0.117. The maximum Gasteiger partial charge on any atom is 0.265 e. The molecule has 0 bridgehead atoms. The third-order valence-electron chi connectivity index (χ3n) is 5.78. The van der Waals surface area contributed by atoms with Crippen molar-refractivity contribution in [2.75, 3.05) is 38.0 Å². The van der Waals surface area contributed by atoms with Crippen LogP contribution in [0.1, 0.15) is 26.5 Å². The summed E-state index contributed by atoms with van der Waals surface area (Å²) in [7, 11) is 0. The molecule has 0 atom stereocenters. The van der Waals surface area contributed by atoms with Crippen molar-refractivity contribution < 1.29 is 9.59 Å². The van der Waals surface area contributed by atoms with Gasteiger partial charge in [-0.05, 0) is 50.1 Å². The van der Waals surface area contributed by atoms with Crippen LogP contribution in [0.4, 0.5) is 5.69 Å². The zero-order valence-electron chi connectivity index (χ0n) is 18.6. The molecular formula is C24H27N5O2S. The van der Waals surface area contributed by atoms with Gasteiger partial charge in [-0.2, -0.15) is 0 Å². The first kappa shape index (κ1) is 22.1.